The number of carbonyl (C=O) groups is 3. The lowest BCUT2D eigenvalue weighted by atomic mass is 10.0. The van der Waals surface area contributed by atoms with E-state index in [9.17, 15) is 14.4 Å². The summed E-state index contributed by atoms with van der Waals surface area (Å²) < 4.78 is 16.9. The molecule has 0 aliphatic rings. The summed E-state index contributed by atoms with van der Waals surface area (Å²) in [6, 6.07) is 0. The second-order valence-corrected chi connectivity index (χ2v) is 21.6. The van der Waals surface area contributed by atoms with Crippen LogP contribution in [0.4, 0.5) is 0 Å². The van der Waals surface area contributed by atoms with Gasteiger partial charge < -0.3 is 14.2 Å². The third kappa shape index (κ3) is 53.4. The molecule has 0 aliphatic carbocycles. The van der Waals surface area contributed by atoms with E-state index in [0.29, 0.717) is 19.3 Å². The zero-order valence-electron chi connectivity index (χ0n) is 45.3. The van der Waals surface area contributed by atoms with Gasteiger partial charge in [-0.15, -0.1) is 0 Å². The van der Waals surface area contributed by atoms with Crippen LogP contribution in [0.2, 0.25) is 0 Å². The maximum absolute atomic E-state index is 12.9. The number of carbonyl (C=O) groups excluding carboxylic acids is 3. The molecule has 0 heterocycles. The number of hydrogen-bond acceptors (Lipinski definition) is 6. The van der Waals surface area contributed by atoms with Crippen molar-refractivity contribution in [2.75, 3.05) is 13.2 Å². The molecule has 0 amide bonds. The summed E-state index contributed by atoms with van der Waals surface area (Å²) in [5.74, 6) is 0.834. The van der Waals surface area contributed by atoms with Gasteiger partial charge in [0.25, 0.3) is 0 Å². The fourth-order valence-corrected chi connectivity index (χ4v) is 9.23. The lowest BCUT2D eigenvalue weighted by molar-refractivity contribution is -0.167. The summed E-state index contributed by atoms with van der Waals surface area (Å²) in [4.78, 5) is 38.2. The van der Waals surface area contributed by atoms with Gasteiger partial charge in [0.15, 0.2) is 6.10 Å². The normalized spacial score (nSPS) is 12.0. The predicted octanol–water partition coefficient (Wildman–Crippen LogP) is 19.7. The lowest BCUT2D eigenvalue weighted by Gasteiger charge is -2.18. The van der Waals surface area contributed by atoms with Crippen molar-refractivity contribution < 1.29 is 28.6 Å². The monoisotopic (exact) mass is 933 g/mol. The molecule has 6 heteroatoms. The first kappa shape index (κ1) is 64.4. The summed E-state index contributed by atoms with van der Waals surface area (Å²) in [7, 11) is 0. The smallest absolute Gasteiger partial charge is 0.306 e. The summed E-state index contributed by atoms with van der Waals surface area (Å²) in [6.45, 7) is 11.4. The Bertz CT molecular complexity index is 1010. The van der Waals surface area contributed by atoms with Gasteiger partial charge in [-0.25, -0.2) is 0 Å². The van der Waals surface area contributed by atoms with Crippen LogP contribution in [0.5, 0.6) is 0 Å². The number of ether oxygens (including phenoxy) is 3. The molecule has 0 aromatic rings. The molecule has 0 N–H and O–H groups in total. The van der Waals surface area contributed by atoms with E-state index < -0.39 is 6.10 Å². The molecule has 0 spiro atoms. The average molecular weight is 934 g/mol. The van der Waals surface area contributed by atoms with E-state index in [2.05, 4.69) is 34.6 Å². The van der Waals surface area contributed by atoms with E-state index in [-0.39, 0.29) is 31.1 Å². The average Bonchev–Trinajstić information content (AvgIpc) is 3.29. The molecule has 1 atom stereocenters. The van der Waals surface area contributed by atoms with Crippen molar-refractivity contribution in [2.45, 2.75) is 343 Å². The van der Waals surface area contributed by atoms with Crippen molar-refractivity contribution in [1.82, 2.24) is 0 Å². The Morgan fingerprint density at radius 3 is 0.742 bits per heavy atom. The second-order valence-electron chi connectivity index (χ2n) is 21.6. The highest BCUT2D eigenvalue weighted by molar-refractivity contribution is 5.71. The molecular weight excluding hydrogens is 817 g/mol. The van der Waals surface area contributed by atoms with E-state index in [4.69, 9.17) is 14.2 Å². The van der Waals surface area contributed by atoms with Crippen LogP contribution in [0.3, 0.4) is 0 Å². The summed E-state index contributed by atoms with van der Waals surface area (Å²) >= 11 is 0. The molecule has 0 aliphatic heterocycles. The Morgan fingerprint density at radius 1 is 0.288 bits per heavy atom. The number of hydrogen-bond donors (Lipinski definition) is 0. The fourth-order valence-electron chi connectivity index (χ4n) is 9.23. The van der Waals surface area contributed by atoms with Crippen LogP contribution in [-0.4, -0.2) is 37.2 Å². The number of unbranched alkanes of at least 4 members (excludes halogenated alkanes) is 39. The Labute approximate surface area is 412 Å². The van der Waals surface area contributed by atoms with Gasteiger partial charge in [0.2, 0.25) is 0 Å². The summed E-state index contributed by atoms with van der Waals surface area (Å²) in [5.41, 5.74) is 0. The second kappa shape index (κ2) is 52.8. The van der Waals surface area contributed by atoms with Crippen molar-refractivity contribution in [3.05, 3.63) is 0 Å². The van der Waals surface area contributed by atoms with Crippen LogP contribution in [0.25, 0.3) is 0 Å². The largest absolute Gasteiger partial charge is 0.462 e. The highest BCUT2D eigenvalue weighted by atomic mass is 16.6. The van der Waals surface area contributed by atoms with Gasteiger partial charge in [-0.05, 0) is 31.1 Å². The third-order valence-electron chi connectivity index (χ3n) is 13.7. The molecule has 0 aromatic heterocycles. The highest BCUT2D eigenvalue weighted by Crippen LogP contribution is 2.18. The molecule has 392 valence electrons. The van der Waals surface area contributed by atoms with Crippen molar-refractivity contribution in [1.29, 1.82) is 0 Å². The zero-order valence-corrected chi connectivity index (χ0v) is 45.3. The topological polar surface area (TPSA) is 78.9 Å². The molecule has 0 rings (SSSR count). The predicted molar refractivity (Wildman–Crippen MR) is 284 cm³/mol. The Hall–Kier alpha value is -1.59. The van der Waals surface area contributed by atoms with Gasteiger partial charge in [-0.2, -0.15) is 0 Å². The quantitative estimate of drug-likeness (QED) is 0.0343. The van der Waals surface area contributed by atoms with Crippen molar-refractivity contribution >= 4 is 17.9 Å². The van der Waals surface area contributed by atoms with Gasteiger partial charge >= 0.3 is 17.9 Å². The minimum atomic E-state index is -0.763. The minimum Gasteiger partial charge on any atom is -0.462 e. The third-order valence-corrected chi connectivity index (χ3v) is 13.7. The minimum absolute atomic E-state index is 0.0625. The molecule has 0 saturated carbocycles. The lowest BCUT2D eigenvalue weighted by Crippen LogP contribution is -2.30. The Balaban J connectivity index is 4.30. The molecule has 0 saturated heterocycles. The van der Waals surface area contributed by atoms with Crippen LogP contribution in [0, 0.1) is 11.8 Å². The molecule has 0 unspecified atom stereocenters. The van der Waals surface area contributed by atoms with Crippen molar-refractivity contribution in [3.63, 3.8) is 0 Å². The van der Waals surface area contributed by atoms with Crippen LogP contribution >= 0.6 is 0 Å². The SMILES string of the molecule is CCCCCCCCCCCCCCCCCCCC(=O)O[C@@H](COC(=O)CCCCCCCCCCCCCCCCC(C)C)COC(=O)CCCCCCCCCCCCCC(C)C. The fraction of sp³-hybridized carbons (Fsp3) is 0.950. The van der Waals surface area contributed by atoms with Gasteiger partial charge in [0.05, 0.1) is 0 Å². The van der Waals surface area contributed by atoms with Crippen LogP contribution in [-0.2, 0) is 28.6 Å². The Kier molecular flexibility index (Phi) is 51.5. The van der Waals surface area contributed by atoms with Gasteiger partial charge in [0.1, 0.15) is 13.2 Å². The van der Waals surface area contributed by atoms with Gasteiger partial charge in [-0.1, -0.05) is 298 Å². The molecule has 0 fully saturated rings. The molecule has 66 heavy (non-hydrogen) atoms. The first-order valence-electron chi connectivity index (χ1n) is 29.7. The maximum atomic E-state index is 12.9. The Morgan fingerprint density at radius 2 is 0.500 bits per heavy atom. The van der Waals surface area contributed by atoms with Crippen LogP contribution < -0.4 is 0 Å². The standard InChI is InChI=1S/C60H116O6/c1-6-7-8-9-10-11-12-13-14-15-16-21-26-32-37-42-47-52-60(63)66-57(54-65-59(62)51-46-41-36-31-27-22-24-29-34-39-44-49-56(4)5)53-64-58(61)50-45-40-35-30-25-20-18-17-19-23-28-33-38-43-48-55(2)3/h55-57H,6-54H2,1-5H3/t57-/m0/s1. The maximum Gasteiger partial charge on any atom is 0.306 e. The van der Waals surface area contributed by atoms with E-state index >= 15 is 0 Å². The van der Waals surface area contributed by atoms with Gasteiger partial charge in [0, 0.05) is 19.3 Å². The first-order valence-corrected chi connectivity index (χ1v) is 29.7. The molecule has 6 nitrogen and oxygen atoms in total. The number of esters is 3. The van der Waals surface area contributed by atoms with Crippen molar-refractivity contribution in [2.24, 2.45) is 11.8 Å². The van der Waals surface area contributed by atoms with E-state index in [0.717, 1.165) is 69.6 Å². The van der Waals surface area contributed by atoms with Gasteiger partial charge in [-0.3, -0.25) is 14.4 Å². The highest BCUT2D eigenvalue weighted by Gasteiger charge is 2.19. The molecular formula is C60H116O6. The summed E-state index contributed by atoms with van der Waals surface area (Å²) in [6.07, 6.45) is 56.7. The molecule has 0 bridgehead atoms. The molecule has 0 aromatic carbocycles. The first-order chi connectivity index (χ1) is 32.2. The zero-order chi connectivity index (χ0) is 48.2. The van der Waals surface area contributed by atoms with Crippen LogP contribution in [0.15, 0.2) is 0 Å². The van der Waals surface area contributed by atoms with E-state index in [1.54, 1.807) is 0 Å². The van der Waals surface area contributed by atoms with Crippen molar-refractivity contribution in [3.8, 4) is 0 Å². The van der Waals surface area contributed by atoms with E-state index in [1.807, 2.05) is 0 Å². The molecule has 0 radical (unpaired) electrons. The number of rotatable bonds is 54. The van der Waals surface area contributed by atoms with E-state index in [1.165, 1.54) is 225 Å². The summed E-state index contributed by atoms with van der Waals surface area (Å²) in [5, 5.41) is 0. The van der Waals surface area contributed by atoms with Crippen LogP contribution in [0.1, 0.15) is 336 Å².